The molecule has 3 aromatic rings. The molecule has 1 aromatic carbocycles. The van der Waals surface area contributed by atoms with Gasteiger partial charge in [0.2, 0.25) is 0 Å². The first-order valence-electron chi connectivity index (χ1n) is 10.7. The number of H-pyrrole nitrogens is 1. The predicted molar refractivity (Wildman–Crippen MR) is 127 cm³/mol. The summed E-state index contributed by atoms with van der Waals surface area (Å²) in [7, 11) is 0. The molecule has 1 aliphatic rings. The lowest BCUT2D eigenvalue weighted by Gasteiger charge is -2.31. The molecule has 3 N–H and O–H groups in total. The quantitative estimate of drug-likeness (QED) is 0.334. The molecule has 11 heteroatoms. The van der Waals surface area contributed by atoms with Gasteiger partial charge in [-0.25, -0.2) is 18.2 Å². The molecule has 178 valence electrons. The molecule has 7 nitrogen and oxygen atoms in total. The number of aromatic amines is 1. The van der Waals surface area contributed by atoms with E-state index in [0.717, 1.165) is 31.5 Å². The smallest absolute Gasteiger partial charge is 0.270 e. The Bertz CT molecular complexity index is 1240. The van der Waals surface area contributed by atoms with E-state index in [-0.39, 0.29) is 35.9 Å². The Morgan fingerprint density at radius 1 is 1.29 bits per heavy atom. The van der Waals surface area contributed by atoms with E-state index in [4.69, 9.17) is 0 Å². The highest BCUT2D eigenvalue weighted by molar-refractivity contribution is 7.07. The molecule has 4 rings (SSSR count). The lowest BCUT2D eigenvalue weighted by molar-refractivity contribution is 0.0920. The zero-order chi connectivity index (χ0) is 24.1. The first-order valence-corrected chi connectivity index (χ1v) is 11.7. The summed E-state index contributed by atoms with van der Waals surface area (Å²) in [6.07, 6.45) is 5.45. The number of benzene rings is 1. The first kappa shape index (κ1) is 23.7. The summed E-state index contributed by atoms with van der Waals surface area (Å²) in [4.78, 5) is 26.9. The van der Waals surface area contributed by atoms with Crippen molar-refractivity contribution in [3.8, 4) is 0 Å². The van der Waals surface area contributed by atoms with Crippen molar-refractivity contribution in [2.45, 2.75) is 44.3 Å². The van der Waals surface area contributed by atoms with Crippen molar-refractivity contribution < 1.29 is 18.0 Å². The van der Waals surface area contributed by atoms with Crippen molar-refractivity contribution in [1.29, 1.82) is 0 Å². The highest BCUT2D eigenvalue weighted by Gasteiger charge is 2.25. The number of thiazole rings is 1. The molecule has 1 saturated carbocycles. The van der Waals surface area contributed by atoms with Gasteiger partial charge in [0.05, 0.1) is 23.8 Å². The average molecular weight is 489 g/mol. The Balaban J connectivity index is 1.48. The number of fused-ring (bicyclic) bond motifs is 1. The van der Waals surface area contributed by atoms with E-state index in [0.29, 0.717) is 23.1 Å². The molecule has 2 aromatic heterocycles. The number of hydrogen-bond donors (Lipinski definition) is 3. The van der Waals surface area contributed by atoms with Crippen LogP contribution in [0.4, 0.5) is 13.2 Å². The van der Waals surface area contributed by atoms with Crippen LogP contribution in [0.1, 0.15) is 41.7 Å². The normalized spacial score (nSPS) is 19.3. The third-order valence-electron chi connectivity index (χ3n) is 5.65. The van der Waals surface area contributed by atoms with Crippen LogP contribution in [0, 0.1) is 11.6 Å². The van der Waals surface area contributed by atoms with Crippen LogP contribution in [0.25, 0.3) is 10.9 Å². The maximum atomic E-state index is 14.7. The van der Waals surface area contributed by atoms with Gasteiger partial charge >= 0.3 is 0 Å². The molecular formula is C23H23F3N6OS. The molecule has 1 amide bonds. The van der Waals surface area contributed by atoms with Crippen LogP contribution in [-0.4, -0.2) is 40.5 Å². The third kappa shape index (κ3) is 5.53. The summed E-state index contributed by atoms with van der Waals surface area (Å²) in [6.45, 7) is 3.27. The number of carbonyl (C=O) groups is 1. The second-order valence-corrected chi connectivity index (χ2v) is 8.72. The zero-order valence-corrected chi connectivity index (χ0v) is 19.0. The molecule has 0 unspecified atom stereocenters. The van der Waals surface area contributed by atoms with Crippen LogP contribution in [0.2, 0.25) is 0 Å². The molecule has 34 heavy (non-hydrogen) atoms. The Morgan fingerprint density at radius 3 is 2.82 bits per heavy atom. The summed E-state index contributed by atoms with van der Waals surface area (Å²) in [6, 6.07) is 1.77. The van der Waals surface area contributed by atoms with Gasteiger partial charge in [0.25, 0.3) is 5.91 Å². The highest BCUT2D eigenvalue weighted by Crippen LogP contribution is 2.24. The van der Waals surface area contributed by atoms with Crippen molar-refractivity contribution in [2.24, 2.45) is 9.98 Å². The number of nitrogens with one attached hydrogen (secondary N) is 3. The van der Waals surface area contributed by atoms with Crippen LogP contribution < -0.4 is 10.6 Å². The van der Waals surface area contributed by atoms with Crippen LogP contribution in [0.5, 0.6) is 0 Å². The first-order chi connectivity index (χ1) is 16.4. The van der Waals surface area contributed by atoms with Gasteiger partial charge in [-0.1, -0.05) is 0 Å². The lowest BCUT2D eigenvalue weighted by atomic mass is 9.90. The summed E-state index contributed by atoms with van der Waals surface area (Å²) in [5, 5.41) is 8.11. The maximum absolute atomic E-state index is 14.7. The van der Waals surface area contributed by atoms with Gasteiger partial charge in [-0.15, -0.1) is 11.3 Å². The summed E-state index contributed by atoms with van der Waals surface area (Å²) >= 11 is 1.35. The Kier molecular flexibility index (Phi) is 7.41. The van der Waals surface area contributed by atoms with Gasteiger partial charge in [-0.3, -0.25) is 14.8 Å². The van der Waals surface area contributed by atoms with Crippen molar-refractivity contribution in [3.05, 3.63) is 64.1 Å². The van der Waals surface area contributed by atoms with Crippen LogP contribution >= 0.6 is 11.3 Å². The van der Waals surface area contributed by atoms with Gasteiger partial charge < -0.3 is 15.6 Å². The summed E-state index contributed by atoms with van der Waals surface area (Å²) in [5.74, 6) is -2.39. The SMILES string of the molecule is C=N/C=C(/F)C(=NCc1c[nH]c2c(F)cc(F)cc12)N[C@H]1CCC[C@@H](NC(=O)c2cscn2)C1. The molecule has 0 radical (unpaired) electrons. The average Bonchev–Trinajstić information content (AvgIpc) is 3.48. The molecule has 0 aliphatic heterocycles. The van der Waals surface area contributed by atoms with Crippen molar-refractivity contribution in [3.63, 3.8) is 0 Å². The van der Waals surface area contributed by atoms with E-state index in [1.807, 2.05) is 0 Å². The number of rotatable bonds is 7. The van der Waals surface area contributed by atoms with E-state index < -0.39 is 17.5 Å². The summed E-state index contributed by atoms with van der Waals surface area (Å²) < 4.78 is 42.4. The van der Waals surface area contributed by atoms with Crippen LogP contribution in [0.15, 0.2) is 51.2 Å². The van der Waals surface area contributed by atoms with Crippen molar-refractivity contribution in [1.82, 2.24) is 20.6 Å². The van der Waals surface area contributed by atoms with E-state index >= 15 is 0 Å². The number of nitrogens with zero attached hydrogens (tertiary/aromatic N) is 3. The molecule has 0 bridgehead atoms. The Labute approximate surface area is 197 Å². The molecule has 0 saturated heterocycles. The number of carbonyl (C=O) groups excluding carboxylic acids is 1. The largest absolute Gasteiger partial charge is 0.365 e. The second-order valence-electron chi connectivity index (χ2n) is 8.00. The fourth-order valence-electron chi connectivity index (χ4n) is 4.07. The standard InChI is InChI=1S/C23H23F3N6OS/c1-27-10-19(26)22(29-9-13-8-28-21-17(13)5-14(24)6-18(21)25)31-15-3-2-4-16(7-15)32-23(33)20-11-34-12-30-20/h5-6,8,10-12,15-16,28H,1-4,7,9H2,(H,29,31)(H,32,33)/b19-10+/t15-,16+/m0/s1. The zero-order valence-electron chi connectivity index (χ0n) is 18.2. The molecule has 2 heterocycles. The fourth-order valence-corrected chi connectivity index (χ4v) is 4.60. The minimum Gasteiger partial charge on any atom is -0.365 e. The van der Waals surface area contributed by atoms with E-state index in [1.54, 1.807) is 10.9 Å². The molecule has 0 spiro atoms. The van der Waals surface area contributed by atoms with Crippen molar-refractivity contribution >= 4 is 40.7 Å². The van der Waals surface area contributed by atoms with E-state index in [2.05, 4.69) is 37.3 Å². The minimum atomic E-state index is -0.710. The Morgan fingerprint density at radius 2 is 2.09 bits per heavy atom. The molecule has 1 fully saturated rings. The monoisotopic (exact) mass is 488 g/mol. The Hall–Kier alpha value is -3.47. The third-order valence-corrected chi connectivity index (χ3v) is 6.23. The molecule has 1 aliphatic carbocycles. The number of hydrogen-bond acceptors (Lipinski definition) is 5. The van der Waals surface area contributed by atoms with Crippen LogP contribution in [0.3, 0.4) is 0 Å². The number of aromatic nitrogens is 2. The fraction of sp³-hybridized carbons (Fsp3) is 0.304. The van der Waals surface area contributed by atoms with Gasteiger partial charge in [0, 0.05) is 35.1 Å². The van der Waals surface area contributed by atoms with Gasteiger partial charge in [-0.05, 0) is 44.0 Å². The number of aliphatic imine (C=N–C) groups is 2. The topological polar surface area (TPSA) is 94.5 Å². The second kappa shape index (κ2) is 10.6. The van der Waals surface area contributed by atoms with Gasteiger partial charge in [0.1, 0.15) is 17.3 Å². The van der Waals surface area contributed by atoms with Gasteiger partial charge in [0.15, 0.2) is 11.7 Å². The number of amidine groups is 1. The molecular weight excluding hydrogens is 465 g/mol. The predicted octanol–water partition coefficient (Wildman–Crippen LogP) is 4.64. The minimum absolute atomic E-state index is 0.0136. The highest BCUT2D eigenvalue weighted by atomic mass is 32.1. The molecule has 2 atom stereocenters. The lowest BCUT2D eigenvalue weighted by Crippen LogP contribution is -2.46. The number of halogens is 3. The van der Waals surface area contributed by atoms with Crippen LogP contribution in [-0.2, 0) is 6.54 Å². The maximum Gasteiger partial charge on any atom is 0.270 e. The summed E-state index contributed by atoms with van der Waals surface area (Å²) in [5.41, 5.74) is 2.65. The van der Waals surface area contributed by atoms with E-state index in [9.17, 15) is 18.0 Å². The number of amides is 1. The van der Waals surface area contributed by atoms with Crippen molar-refractivity contribution in [2.75, 3.05) is 0 Å². The van der Waals surface area contributed by atoms with Gasteiger partial charge in [-0.2, -0.15) is 0 Å². The van der Waals surface area contributed by atoms with E-state index in [1.165, 1.54) is 23.6 Å².